The van der Waals surface area contributed by atoms with E-state index in [4.69, 9.17) is 14.2 Å². The van der Waals surface area contributed by atoms with Crippen molar-refractivity contribution in [1.82, 2.24) is 0 Å². The molecule has 24 heavy (non-hydrogen) atoms. The Labute approximate surface area is 140 Å². The van der Waals surface area contributed by atoms with Crippen LogP contribution in [0.5, 0.6) is 11.5 Å². The first-order chi connectivity index (χ1) is 11.6. The Balaban J connectivity index is 2.04. The Morgan fingerprint density at radius 1 is 1.08 bits per heavy atom. The highest BCUT2D eigenvalue weighted by atomic mass is 16.6. The van der Waals surface area contributed by atoms with Crippen LogP contribution in [0.15, 0.2) is 48.5 Å². The van der Waals surface area contributed by atoms with Gasteiger partial charge < -0.3 is 14.2 Å². The van der Waals surface area contributed by atoms with Gasteiger partial charge in [0.2, 0.25) is 0 Å². The van der Waals surface area contributed by atoms with Gasteiger partial charge >= 0.3 is 12.1 Å². The summed E-state index contributed by atoms with van der Waals surface area (Å²) in [5, 5.41) is 2.57. The largest absolute Gasteiger partial charge is 0.497 e. The fourth-order valence-corrected chi connectivity index (χ4v) is 1.88. The zero-order valence-corrected chi connectivity index (χ0v) is 13.6. The van der Waals surface area contributed by atoms with Crippen LogP contribution < -0.4 is 14.8 Å². The second-order valence-electron chi connectivity index (χ2n) is 4.88. The molecule has 0 aromatic heterocycles. The highest BCUT2D eigenvalue weighted by molar-refractivity contribution is 5.88. The van der Waals surface area contributed by atoms with Crippen LogP contribution in [0.25, 0.3) is 0 Å². The van der Waals surface area contributed by atoms with Gasteiger partial charge in [-0.2, -0.15) is 0 Å². The molecule has 1 amide bonds. The van der Waals surface area contributed by atoms with Gasteiger partial charge in [0, 0.05) is 12.5 Å². The topological polar surface area (TPSA) is 73.9 Å². The lowest BCUT2D eigenvalue weighted by molar-refractivity contribution is -0.133. The minimum Gasteiger partial charge on any atom is -0.497 e. The van der Waals surface area contributed by atoms with E-state index in [9.17, 15) is 9.59 Å². The first-order valence-corrected chi connectivity index (χ1v) is 7.48. The smallest absolute Gasteiger partial charge is 0.412 e. The molecule has 0 saturated carbocycles. The van der Waals surface area contributed by atoms with E-state index >= 15 is 0 Å². The van der Waals surface area contributed by atoms with Crippen molar-refractivity contribution in [2.45, 2.75) is 20.0 Å². The third-order valence-electron chi connectivity index (χ3n) is 3.15. The molecular weight excluding hydrogens is 310 g/mol. The fourth-order valence-electron chi connectivity index (χ4n) is 1.88. The van der Waals surface area contributed by atoms with Gasteiger partial charge in [-0.25, -0.2) is 4.79 Å². The summed E-state index contributed by atoms with van der Waals surface area (Å²) in [6, 6.07) is 14.1. The predicted octanol–water partition coefficient (Wildman–Crippen LogP) is 3.76. The van der Waals surface area contributed by atoms with Crippen LogP contribution in [0, 0.1) is 0 Å². The minimum absolute atomic E-state index is 0.146. The summed E-state index contributed by atoms with van der Waals surface area (Å²) in [5.41, 5.74) is 1.20. The van der Waals surface area contributed by atoms with Crippen molar-refractivity contribution in [3.05, 3.63) is 54.1 Å². The van der Waals surface area contributed by atoms with Gasteiger partial charge in [0.15, 0.2) is 5.75 Å². The number of methoxy groups -OCH3 is 1. The Hall–Kier alpha value is -3.02. The maximum Gasteiger partial charge on any atom is 0.412 e. The second kappa shape index (κ2) is 8.57. The molecule has 6 heteroatoms. The monoisotopic (exact) mass is 329 g/mol. The quantitative estimate of drug-likeness (QED) is 0.645. The SMILES string of the molecule is CCC(=O)Oc1cc(OC)ccc1NC(=O)OCc1ccccc1. The van der Waals surface area contributed by atoms with Gasteiger partial charge in [0.05, 0.1) is 12.8 Å². The number of carbonyl (C=O) groups is 2. The molecule has 6 nitrogen and oxygen atoms in total. The second-order valence-corrected chi connectivity index (χ2v) is 4.88. The number of carbonyl (C=O) groups excluding carboxylic acids is 2. The first kappa shape index (κ1) is 17.3. The molecule has 0 heterocycles. The van der Waals surface area contributed by atoms with E-state index in [0.717, 1.165) is 5.56 Å². The van der Waals surface area contributed by atoms with Gasteiger partial charge in [-0.05, 0) is 17.7 Å². The average Bonchev–Trinajstić information content (AvgIpc) is 2.62. The molecule has 2 aromatic carbocycles. The van der Waals surface area contributed by atoms with Crippen LogP contribution in [-0.4, -0.2) is 19.2 Å². The molecule has 1 N–H and O–H groups in total. The lowest BCUT2D eigenvalue weighted by Gasteiger charge is -2.12. The molecule has 0 spiro atoms. The summed E-state index contributed by atoms with van der Waals surface area (Å²) in [5.74, 6) is 0.305. The number of nitrogens with one attached hydrogen (secondary N) is 1. The van der Waals surface area contributed by atoms with Gasteiger partial charge in [-0.3, -0.25) is 10.1 Å². The first-order valence-electron chi connectivity index (χ1n) is 7.48. The van der Waals surface area contributed by atoms with E-state index in [1.165, 1.54) is 13.2 Å². The fraction of sp³-hybridized carbons (Fsp3) is 0.222. The lowest BCUT2D eigenvalue weighted by Crippen LogP contribution is -2.15. The van der Waals surface area contributed by atoms with Crippen molar-refractivity contribution in [3.63, 3.8) is 0 Å². The normalized spacial score (nSPS) is 9.92. The molecule has 0 unspecified atom stereocenters. The van der Waals surface area contributed by atoms with Crippen LogP contribution in [-0.2, 0) is 16.1 Å². The number of rotatable bonds is 6. The van der Waals surface area contributed by atoms with E-state index in [1.54, 1.807) is 19.1 Å². The minimum atomic E-state index is -0.641. The van der Waals surface area contributed by atoms with E-state index in [0.29, 0.717) is 11.4 Å². The molecule has 0 atom stereocenters. The molecule has 126 valence electrons. The van der Waals surface area contributed by atoms with Crippen LogP contribution in [0.4, 0.5) is 10.5 Å². The zero-order valence-electron chi connectivity index (χ0n) is 13.6. The van der Waals surface area contributed by atoms with Crippen molar-refractivity contribution in [1.29, 1.82) is 0 Å². The number of hydrogen-bond acceptors (Lipinski definition) is 5. The molecule has 0 saturated heterocycles. The average molecular weight is 329 g/mol. The molecule has 2 aromatic rings. The Kier molecular flexibility index (Phi) is 6.19. The predicted molar refractivity (Wildman–Crippen MR) is 89.2 cm³/mol. The van der Waals surface area contributed by atoms with E-state index in [2.05, 4.69) is 5.32 Å². The summed E-state index contributed by atoms with van der Waals surface area (Å²) in [6.45, 7) is 1.83. The third kappa shape index (κ3) is 5.01. The number of hydrogen-bond donors (Lipinski definition) is 1. The maximum absolute atomic E-state index is 11.9. The van der Waals surface area contributed by atoms with Crippen LogP contribution >= 0.6 is 0 Å². The molecule has 0 aliphatic rings. The molecule has 0 radical (unpaired) electrons. The number of amides is 1. The zero-order chi connectivity index (χ0) is 17.4. The van der Waals surface area contributed by atoms with E-state index in [-0.39, 0.29) is 18.8 Å². The van der Waals surface area contributed by atoms with Crippen molar-refractivity contribution in [2.24, 2.45) is 0 Å². The third-order valence-corrected chi connectivity index (χ3v) is 3.15. The number of anilines is 1. The molecular formula is C18H19NO5. The molecule has 0 aliphatic heterocycles. The Morgan fingerprint density at radius 2 is 1.83 bits per heavy atom. The molecule has 0 fully saturated rings. The lowest BCUT2D eigenvalue weighted by atomic mass is 10.2. The molecule has 0 bridgehead atoms. The Morgan fingerprint density at radius 3 is 2.50 bits per heavy atom. The van der Waals surface area contributed by atoms with Gasteiger partial charge in [-0.1, -0.05) is 37.3 Å². The number of benzene rings is 2. The number of esters is 1. The summed E-state index contributed by atoms with van der Waals surface area (Å²) >= 11 is 0. The standard InChI is InChI=1S/C18H19NO5/c1-3-17(20)24-16-11-14(22-2)9-10-15(16)19-18(21)23-12-13-7-5-4-6-8-13/h4-11H,3,12H2,1-2H3,(H,19,21). The van der Waals surface area contributed by atoms with Crippen molar-refractivity contribution in [2.75, 3.05) is 12.4 Å². The summed E-state index contributed by atoms with van der Waals surface area (Å²) in [6.07, 6.45) is -0.424. The van der Waals surface area contributed by atoms with Gasteiger partial charge in [0.25, 0.3) is 0 Å². The Bertz CT molecular complexity index is 700. The van der Waals surface area contributed by atoms with E-state index < -0.39 is 12.1 Å². The summed E-state index contributed by atoms with van der Waals surface area (Å²) in [4.78, 5) is 23.5. The highest BCUT2D eigenvalue weighted by Gasteiger charge is 2.13. The van der Waals surface area contributed by atoms with Crippen molar-refractivity contribution >= 4 is 17.7 Å². The number of ether oxygens (including phenoxy) is 3. The molecule has 0 aliphatic carbocycles. The maximum atomic E-state index is 11.9. The van der Waals surface area contributed by atoms with Gasteiger partial charge in [-0.15, -0.1) is 0 Å². The van der Waals surface area contributed by atoms with Crippen molar-refractivity contribution in [3.8, 4) is 11.5 Å². The van der Waals surface area contributed by atoms with Crippen molar-refractivity contribution < 1.29 is 23.8 Å². The summed E-state index contributed by atoms with van der Waals surface area (Å²) in [7, 11) is 1.50. The van der Waals surface area contributed by atoms with Crippen LogP contribution in [0.3, 0.4) is 0 Å². The molecule has 2 rings (SSSR count). The van der Waals surface area contributed by atoms with Crippen LogP contribution in [0.1, 0.15) is 18.9 Å². The van der Waals surface area contributed by atoms with Gasteiger partial charge in [0.1, 0.15) is 12.4 Å². The highest BCUT2D eigenvalue weighted by Crippen LogP contribution is 2.30. The van der Waals surface area contributed by atoms with Crippen LogP contribution in [0.2, 0.25) is 0 Å². The van der Waals surface area contributed by atoms with E-state index in [1.807, 2.05) is 30.3 Å². The summed E-state index contributed by atoms with van der Waals surface area (Å²) < 4.78 is 15.5.